The number of hydrogen-bond acceptors (Lipinski definition) is 9. The van der Waals surface area contributed by atoms with Crippen LogP contribution in [-0.2, 0) is 42.6 Å². The van der Waals surface area contributed by atoms with Crippen LogP contribution in [0.15, 0.2) is 0 Å². The van der Waals surface area contributed by atoms with Crippen LogP contribution in [0.3, 0.4) is 0 Å². The Morgan fingerprint density at radius 2 is 0.795 bits per heavy atom. The normalized spacial score (nSPS) is 14.2. The summed E-state index contributed by atoms with van der Waals surface area (Å²) in [5.41, 5.74) is 0. The molecule has 0 saturated carbocycles. The summed E-state index contributed by atoms with van der Waals surface area (Å²) in [5, 5.41) is 0. The van der Waals surface area contributed by atoms with E-state index in [0.29, 0.717) is 52.1 Å². The van der Waals surface area contributed by atoms with Crippen molar-refractivity contribution in [1.29, 1.82) is 0 Å². The van der Waals surface area contributed by atoms with Crippen molar-refractivity contribution in [2.24, 2.45) is 0 Å². The van der Waals surface area contributed by atoms with Gasteiger partial charge in [-0.25, -0.2) is 0 Å². The molecular weight excluding hydrogens is 504 g/mol. The zero-order valence-electron chi connectivity index (χ0n) is 26.6. The summed E-state index contributed by atoms with van der Waals surface area (Å²) < 4.78 is 54.3. The van der Waals surface area contributed by atoms with E-state index in [1.165, 1.54) is 0 Å². The maximum Gasteiger partial charge on any atom is 0.285 e. The van der Waals surface area contributed by atoms with Gasteiger partial charge in [0, 0.05) is 12.8 Å². The van der Waals surface area contributed by atoms with E-state index in [0.717, 1.165) is 51.4 Å². The lowest BCUT2D eigenvalue weighted by Crippen LogP contribution is -2.44. The topological polar surface area (TPSA) is 83.1 Å². The Morgan fingerprint density at radius 1 is 0.462 bits per heavy atom. The quantitative estimate of drug-likeness (QED) is 0.0637. The second-order valence-corrected chi connectivity index (χ2v) is 9.65. The number of ether oxygens (including phenoxy) is 9. The standard InChI is InChI=1S/C30H62O9/c1-9-17-19-29(34-21-11-3,35-22-12-4)38-27(15-7)32-25-31-26-33-28(16-8)39-30(20-18-10-2,36-23-13-5)37-24-14-6/h27-28H,9-26H2,1-8H3. The van der Waals surface area contributed by atoms with Gasteiger partial charge in [0.05, 0.1) is 26.4 Å². The SMILES string of the molecule is CCCCC(OCCC)(OCCC)OC(CC)OCOCOC(CC)OC(CCCC)(OCCC)OCCC. The molecule has 0 aliphatic rings. The molecule has 0 aromatic heterocycles. The predicted octanol–water partition coefficient (Wildman–Crippen LogP) is 7.85. The Balaban J connectivity index is 5.00. The minimum Gasteiger partial charge on any atom is -0.329 e. The Kier molecular flexibility index (Phi) is 25.1. The van der Waals surface area contributed by atoms with Gasteiger partial charge < -0.3 is 33.2 Å². The third-order valence-electron chi connectivity index (χ3n) is 5.74. The molecule has 2 atom stereocenters. The van der Waals surface area contributed by atoms with Crippen molar-refractivity contribution in [2.75, 3.05) is 40.0 Å². The van der Waals surface area contributed by atoms with Crippen molar-refractivity contribution in [3.05, 3.63) is 0 Å². The van der Waals surface area contributed by atoms with Gasteiger partial charge in [-0.05, 0) is 51.4 Å². The summed E-state index contributed by atoms with van der Waals surface area (Å²) in [4.78, 5) is 0. The molecule has 0 saturated heterocycles. The second kappa shape index (κ2) is 25.4. The summed E-state index contributed by atoms with van der Waals surface area (Å²) in [6.45, 7) is 18.7. The highest BCUT2D eigenvalue weighted by Crippen LogP contribution is 2.28. The number of rotatable bonds is 30. The molecule has 0 aromatic carbocycles. The zero-order chi connectivity index (χ0) is 29.2. The van der Waals surface area contributed by atoms with E-state index in [4.69, 9.17) is 42.6 Å². The predicted molar refractivity (Wildman–Crippen MR) is 153 cm³/mol. The summed E-state index contributed by atoms with van der Waals surface area (Å²) in [6, 6.07) is 0. The van der Waals surface area contributed by atoms with Gasteiger partial charge in [0.1, 0.15) is 0 Å². The van der Waals surface area contributed by atoms with E-state index >= 15 is 0 Å². The fourth-order valence-electron chi connectivity index (χ4n) is 3.60. The molecule has 236 valence electrons. The fraction of sp³-hybridized carbons (Fsp3) is 1.00. The van der Waals surface area contributed by atoms with Crippen LogP contribution in [-0.4, -0.2) is 64.5 Å². The van der Waals surface area contributed by atoms with Crippen LogP contribution in [0.25, 0.3) is 0 Å². The van der Waals surface area contributed by atoms with Crippen molar-refractivity contribution >= 4 is 0 Å². The highest BCUT2D eigenvalue weighted by Gasteiger charge is 2.37. The molecule has 0 bridgehead atoms. The van der Waals surface area contributed by atoms with Gasteiger partial charge in [-0.15, -0.1) is 0 Å². The smallest absolute Gasteiger partial charge is 0.285 e. The molecule has 0 radical (unpaired) electrons. The first kappa shape index (κ1) is 38.6. The van der Waals surface area contributed by atoms with Crippen LogP contribution in [0, 0.1) is 0 Å². The highest BCUT2D eigenvalue weighted by atomic mass is 16.9. The van der Waals surface area contributed by atoms with Gasteiger partial charge in [-0.1, -0.05) is 68.2 Å². The van der Waals surface area contributed by atoms with E-state index in [1.54, 1.807) is 0 Å². The van der Waals surface area contributed by atoms with E-state index in [1.807, 2.05) is 13.8 Å². The van der Waals surface area contributed by atoms with Crippen molar-refractivity contribution in [3.63, 3.8) is 0 Å². The van der Waals surface area contributed by atoms with Crippen LogP contribution in [0.5, 0.6) is 0 Å². The first-order valence-electron chi connectivity index (χ1n) is 15.7. The van der Waals surface area contributed by atoms with E-state index in [9.17, 15) is 0 Å². The fourth-order valence-corrected chi connectivity index (χ4v) is 3.60. The molecule has 0 aromatic rings. The Hall–Kier alpha value is -0.360. The third kappa shape index (κ3) is 17.9. The van der Waals surface area contributed by atoms with E-state index in [-0.39, 0.29) is 13.6 Å². The molecule has 39 heavy (non-hydrogen) atoms. The molecule has 9 nitrogen and oxygen atoms in total. The summed E-state index contributed by atoms with van der Waals surface area (Å²) >= 11 is 0. The first-order valence-corrected chi connectivity index (χ1v) is 15.7. The van der Waals surface area contributed by atoms with Gasteiger partial charge >= 0.3 is 0 Å². The molecule has 0 aliphatic carbocycles. The lowest BCUT2D eigenvalue weighted by Gasteiger charge is -2.36. The molecule has 0 amide bonds. The van der Waals surface area contributed by atoms with Crippen molar-refractivity contribution in [2.45, 2.75) is 157 Å². The van der Waals surface area contributed by atoms with Crippen LogP contribution in [0.2, 0.25) is 0 Å². The number of hydrogen-bond donors (Lipinski definition) is 0. The maximum atomic E-state index is 6.28. The molecule has 2 unspecified atom stereocenters. The summed E-state index contributed by atoms with van der Waals surface area (Å²) in [6.07, 6.45) is 8.81. The Morgan fingerprint density at radius 3 is 1.05 bits per heavy atom. The lowest BCUT2D eigenvalue weighted by atomic mass is 10.2. The average Bonchev–Trinajstić information content (AvgIpc) is 2.96. The van der Waals surface area contributed by atoms with E-state index in [2.05, 4.69) is 41.5 Å². The molecule has 0 heterocycles. The van der Waals surface area contributed by atoms with E-state index < -0.39 is 24.5 Å². The molecule has 0 N–H and O–H groups in total. The zero-order valence-corrected chi connectivity index (χ0v) is 26.6. The summed E-state index contributed by atoms with van der Waals surface area (Å²) in [5.74, 6) is -2.22. The van der Waals surface area contributed by atoms with Gasteiger partial charge in [-0.3, -0.25) is 9.47 Å². The van der Waals surface area contributed by atoms with Crippen LogP contribution in [0.1, 0.15) is 132 Å². The van der Waals surface area contributed by atoms with Gasteiger partial charge in [0.25, 0.3) is 11.9 Å². The minimum absolute atomic E-state index is 0.00000126. The second-order valence-electron chi connectivity index (χ2n) is 9.65. The molecule has 0 spiro atoms. The monoisotopic (exact) mass is 566 g/mol. The third-order valence-corrected chi connectivity index (χ3v) is 5.74. The first-order chi connectivity index (χ1) is 18.9. The molecular formula is C30H62O9. The molecule has 0 fully saturated rings. The van der Waals surface area contributed by atoms with Crippen molar-refractivity contribution in [1.82, 2.24) is 0 Å². The Labute approximate surface area is 239 Å². The Bertz CT molecular complexity index is 433. The van der Waals surface area contributed by atoms with Crippen molar-refractivity contribution in [3.8, 4) is 0 Å². The summed E-state index contributed by atoms with van der Waals surface area (Å²) in [7, 11) is 0. The molecule has 9 heteroatoms. The average molecular weight is 567 g/mol. The minimum atomic E-state index is -1.11. The van der Waals surface area contributed by atoms with Gasteiger partial charge in [-0.2, -0.15) is 0 Å². The van der Waals surface area contributed by atoms with Crippen molar-refractivity contribution < 1.29 is 42.6 Å². The molecule has 0 aliphatic heterocycles. The maximum absolute atomic E-state index is 6.28. The van der Waals surface area contributed by atoms with Crippen LogP contribution < -0.4 is 0 Å². The molecule has 0 rings (SSSR count). The largest absolute Gasteiger partial charge is 0.329 e. The lowest BCUT2D eigenvalue weighted by molar-refractivity contribution is -0.432. The van der Waals surface area contributed by atoms with Crippen LogP contribution in [0.4, 0.5) is 0 Å². The van der Waals surface area contributed by atoms with Gasteiger partial charge in [0.2, 0.25) is 0 Å². The number of unbranched alkanes of at least 4 members (excludes halogenated alkanes) is 2. The van der Waals surface area contributed by atoms with Gasteiger partial charge in [0.15, 0.2) is 26.2 Å². The highest BCUT2D eigenvalue weighted by molar-refractivity contribution is 4.62. The van der Waals surface area contributed by atoms with Crippen LogP contribution >= 0.6 is 0 Å².